The molecule has 132 valence electrons. The van der Waals surface area contributed by atoms with Crippen LogP contribution in [-0.2, 0) is 14.3 Å². The van der Waals surface area contributed by atoms with E-state index in [4.69, 9.17) is 4.74 Å². The summed E-state index contributed by atoms with van der Waals surface area (Å²) in [5, 5.41) is 2.79. The van der Waals surface area contributed by atoms with Crippen molar-refractivity contribution in [1.29, 1.82) is 0 Å². The van der Waals surface area contributed by atoms with Gasteiger partial charge in [0.1, 0.15) is 11.3 Å². The monoisotopic (exact) mass is 344 g/mol. The molecule has 2 aromatic rings. The van der Waals surface area contributed by atoms with E-state index in [-0.39, 0.29) is 43.7 Å². The van der Waals surface area contributed by atoms with Gasteiger partial charge in [-0.15, -0.1) is 0 Å². The minimum absolute atomic E-state index is 0.148. The average molecular weight is 344 g/mol. The Morgan fingerprint density at radius 3 is 2.76 bits per heavy atom. The molecule has 0 aliphatic carbocycles. The summed E-state index contributed by atoms with van der Waals surface area (Å²) in [6, 6.07) is 5.55. The van der Waals surface area contributed by atoms with E-state index in [0.717, 1.165) is 5.65 Å². The van der Waals surface area contributed by atoms with Crippen molar-refractivity contribution in [2.24, 2.45) is 0 Å². The highest BCUT2D eigenvalue weighted by Crippen LogP contribution is 2.12. The number of fused-ring (bicyclic) bond motifs is 1. The molecule has 3 amide bonds. The number of imidazole rings is 1. The lowest BCUT2D eigenvalue weighted by atomic mass is 10.3. The Morgan fingerprint density at radius 1 is 1.24 bits per heavy atom. The first-order valence-corrected chi connectivity index (χ1v) is 8.21. The van der Waals surface area contributed by atoms with Crippen LogP contribution in [0.2, 0.25) is 0 Å². The standard InChI is InChI=1S/C17H20N4O4/c1-12-16(20-8-3-2-4-13(20)19-12)17(24)18-7-10-25-11-9-21-14(22)5-6-15(21)23/h2-4,8H,5-7,9-11H2,1H3,(H,18,24). The second-order valence-corrected chi connectivity index (χ2v) is 5.78. The van der Waals surface area contributed by atoms with Crippen LogP contribution in [0.3, 0.4) is 0 Å². The number of nitrogens with one attached hydrogen (secondary N) is 1. The Hall–Kier alpha value is -2.74. The molecule has 1 aliphatic heterocycles. The molecule has 1 saturated heterocycles. The zero-order valence-electron chi connectivity index (χ0n) is 14.0. The van der Waals surface area contributed by atoms with Crippen molar-refractivity contribution in [3.63, 3.8) is 0 Å². The fourth-order valence-electron chi connectivity index (χ4n) is 2.84. The lowest BCUT2D eigenvalue weighted by molar-refractivity contribution is -0.139. The zero-order valence-corrected chi connectivity index (χ0v) is 14.0. The molecule has 1 fully saturated rings. The number of nitrogens with zero attached hydrogens (tertiary/aromatic N) is 3. The minimum atomic E-state index is -0.218. The van der Waals surface area contributed by atoms with E-state index < -0.39 is 0 Å². The molecule has 0 bridgehead atoms. The van der Waals surface area contributed by atoms with Crippen LogP contribution in [0.15, 0.2) is 24.4 Å². The Labute approximate surface area is 144 Å². The highest BCUT2D eigenvalue weighted by molar-refractivity contribution is 6.01. The molecular weight excluding hydrogens is 324 g/mol. The summed E-state index contributed by atoms with van der Waals surface area (Å²) in [4.78, 5) is 40.8. The third-order valence-corrected chi connectivity index (χ3v) is 4.07. The highest BCUT2D eigenvalue weighted by Gasteiger charge is 2.28. The van der Waals surface area contributed by atoms with Gasteiger partial charge in [-0.05, 0) is 19.1 Å². The molecule has 1 aliphatic rings. The van der Waals surface area contributed by atoms with Gasteiger partial charge in [-0.1, -0.05) is 6.07 Å². The smallest absolute Gasteiger partial charge is 0.270 e. The number of rotatable bonds is 7. The molecule has 25 heavy (non-hydrogen) atoms. The number of aryl methyl sites for hydroxylation is 1. The van der Waals surface area contributed by atoms with Crippen LogP contribution >= 0.6 is 0 Å². The lowest BCUT2D eigenvalue weighted by Crippen LogP contribution is -2.33. The molecule has 3 heterocycles. The summed E-state index contributed by atoms with van der Waals surface area (Å²) in [5.74, 6) is -0.514. The topological polar surface area (TPSA) is 93.0 Å². The maximum absolute atomic E-state index is 12.3. The molecule has 0 atom stereocenters. The summed E-state index contributed by atoms with van der Waals surface area (Å²) >= 11 is 0. The van der Waals surface area contributed by atoms with Crippen LogP contribution in [0.4, 0.5) is 0 Å². The first-order valence-electron chi connectivity index (χ1n) is 8.21. The second kappa shape index (κ2) is 7.43. The molecule has 0 unspecified atom stereocenters. The Bertz CT molecular complexity index is 798. The Morgan fingerprint density at radius 2 is 2.00 bits per heavy atom. The molecule has 8 heteroatoms. The van der Waals surface area contributed by atoms with E-state index in [1.54, 1.807) is 17.5 Å². The van der Waals surface area contributed by atoms with Crippen LogP contribution in [0, 0.1) is 6.92 Å². The van der Waals surface area contributed by atoms with Crippen LogP contribution in [0.5, 0.6) is 0 Å². The molecule has 0 aromatic carbocycles. The molecule has 2 aromatic heterocycles. The number of ether oxygens (including phenoxy) is 1. The van der Waals surface area contributed by atoms with Gasteiger partial charge in [0.05, 0.1) is 25.5 Å². The van der Waals surface area contributed by atoms with E-state index in [1.165, 1.54) is 4.90 Å². The van der Waals surface area contributed by atoms with Crippen molar-refractivity contribution >= 4 is 23.4 Å². The van der Waals surface area contributed by atoms with Gasteiger partial charge >= 0.3 is 0 Å². The Balaban J connectivity index is 1.43. The number of carbonyl (C=O) groups excluding carboxylic acids is 3. The number of aromatic nitrogens is 2. The normalized spacial score (nSPS) is 14.5. The fourth-order valence-corrected chi connectivity index (χ4v) is 2.84. The van der Waals surface area contributed by atoms with E-state index >= 15 is 0 Å². The molecule has 8 nitrogen and oxygen atoms in total. The van der Waals surface area contributed by atoms with Crippen molar-refractivity contribution in [2.75, 3.05) is 26.3 Å². The number of amides is 3. The third kappa shape index (κ3) is 3.69. The average Bonchev–Trinajstić information content (AvgIpc) is 3.09. The van der Waals surface area contributed by atoms with Crippen molar-refractivity contribution in [1.82, 2.24) is 19.6 Å². The number of carbonyl (C=O) groups is 3. The highest BCUT2D eigenvalue weighted by atomic mass is 16.5. The van der Waals surface area contributed by atoms with E-state index in [9.17, 15) is 14.4 Å². The number of pyridine rings is 1. The van der Waals surface area contributed by atoms with Crippen LogP contribution in [0.25, 0.3) is 5.65 Å². The van der Waals surface area contributed by atoms with E-state index in [0.29, 0.717) is 24.5 Å². The molecule has 3 rings (SSSR count). The summed E-state index contributed by atoms with van der Waals surface area (Å²) in [6.07, 6.45) is 2.37. The quantitative estimate of drug-likeness (QED) is 0.584. The van der Waals surface area contributed by atoms with Gasteiger partial charge < -0.3 is 10.1 Å². The summed E-state index contributed by atoms with van der Waals surface area (Å²) in [6.45, 7) is 2.96. The predicted octanol–water partition coefficient (Wildman–Crippen LogP) is 0.538. The van der Waals surface area contributed by atoms with Crippen molar-refractivity contribution in [3.8, 4) is 0 Å². The second-order valence-electron chi connectivity index (χ2n) is 5.78. The molecule has 1 N–H and O–H groups in total. The van der Waals surface area contributed by atoms with Crippen LogP contribution in [-0.4, -0.2) is 58.3 Å². The molecular formula is C17H20N4O4. The summed E-state index contributed by atoms with van der Waals surface area (Å²) in [5.41, 5.74) is 1.89. The van der Waals surface area contributed by atoms with Gasteiger partial charge in [-0.2, -0.15) is 0 Å². The number of hydrogen-bond acceptors (Lipinski definition) is 5. The fraction of sp³-hybridized carbons (Fsp3) is 0.412. The van der Waals surface area contributed by atoms with Gasteiger partial charge in [0.2, 0.25) is 11.8 Å². The van der Waals surface area contributed by atoms with E-state index in [2.05, 4.69) is 10.3 Å². The van der Waals surface area contributed by atoms with Crippen LogP contribution in [0.1, 0.15) is 29.0 Å². The minimum Gasteiger partial charge on any atom is -0.378 e. The largest absolute Gasteiger partial charge is 0.378 e. The number of imide groups is 1. The lowest BCUT2D eigenvalue weighted by Gasteiger charge is -2.13. The summed E-state index contributed by atoms with van der Waals surface area (Å²) in [7, 11) is 0. The van der Waals surface area contributed by atoms with Gasteiger partial charge in [0, 0.05) is 25.6 Å². The molecule has 0 spiro atoms. The van der Waals surface area contributed by atoms with Crippen molar-refractivity contribution in [3.05, 3.63) is 35.8 Å². The van der Waals surface area contributed by atoms with Gasteiger partial charge in [0.15, 0.2) is 0 Å². The maximum Gasteiger partial charge on any atom is 0.270 e. The van der Waals surface area contributed by atoms with Gasteiger partial charge in [-0.3, -0.25) is 23.7 Å². The third-order valence-electron chi connectivity index (χ3n) is 4.07. The predicted molar refractivity (Wildman–Crippen MR) is 89.0 cm³/mol. The molecule has 0 radical (unpaired) electrons. The van der Waals surface area contributed by atoms with Gasteiger partial charge in [0.25, 0.3) is 5.91 Å². The van der Waals surface area contributed by atoms with E-state index in [1.807, 2.05) is 18.2 Å². The van der Waals surface area contributed by atoms with Gasteiger partial charge in [-0.25, -0.2) is 4.98 Å². The molecule has 0 saturated carbocycles. The SMILES string of the molecule is Cc1nc2ccccn2c1C(=O)NCCOCCN1C(=O)CCC1=O. The maximum atomic E-state index is 12.3. The first kappa shape index (κ1) is 17.1. The zero-order chi connectivity index (χ0) is 17.8. The van der Waals surface area contributed by atoms with Crippen molar-refractivity contribution < 1.29 is 19.1 Å². The first-order chi connectivity index (χ1) is 12.1. The Kier molecular flexibility index (Phi) is 5.08. The van der Waals surface area contributed by atoms with Crippen LogP contribution < -0.4 is 5.32 Å². The van der Waals surface area contributed by atoms with Crippen molar-refractivity contribution in [2.45, 2.75) is 19.8 Å². The number of hydrogen-bond donors (Lipinski definition) is 1. The summed E-state index contributed by atoms with van der Waals surface area (Å²) < 4.78 is 7.14. The number of likely N-dealkylation sites (tertiary alicyclic amines) is 1.